The number of methoxy groups -OCH3 is 1. The maximum atomic E-state index is 12.5. The molecular weight excluding hydrogens is 294 g/mol. The highest BCUT2D eigenvalue weighted by Gasteiger charge is 2.26. The van der Waals surface area contributed by atoms with Gasteiger partial charge in [-0.2, -0.15) is 4.31 Å². The van der Waals surface area contributed by atoms with E-state index in [0.29, 0.717) is 12.2 Å². The Morgan fingerprint density at radius 2 is 1.81 bits per heavy atom. The van der Waals surface area contributed by atoms with Crippen molar-refractivity contribution < 1.29 is 22.7 Å². The average Bonchev–Trinajstić information content (AvgIpc) is 2.47. The van der Waals surface area contributed by atoms with Crippen LogP contribution in [0, 0.1) is 0 Å². The summed E-state index contributed by atoms with van der Waals surface area (Å²) in [4.78, 5) is 11.7. The molecule has 0 N–H and O–H groups in total. The lowest BCUT2D eigenvalue weighted by molar-refractivity contribution is -0.143. The van der Waals surface area contributed by atoms with Gasteiger partial charge in [-0.15, -0.1) is 0 Å². The number of sulfonamides is 1. The van der Waals surface area contributed by atoms with Crippen molar-refractivity contribution >= 4 is 16.0 Å². The van der Waals surface area contributed by atoms with Crippen molar-refractivity contribution in [3.05, 3.63) is 24.3 Å². The van der Waals surface area contributed by atoms with Crippen molar-refractivity contribution in [1.82, 2.24) is 4.31 Å². The first kappa shape index (κ1) is 17.5. The number of hydrogen-bond acceptors (Lipinski definition) is 5. The predicted octanol–water partition coefficient (Wildman–Crippen LogP) is 1.66. The first-order chi connectivity index (χ1) is 9.95. The maximum Gasteiger partial charge on any atom is 0.321 e. The van der Waals surface area contributed by atoms with Crippen molar-refractivity contribution in [2.75, 3.05) is 26.8 Å². The van der Waals surface area contributed by atoms with Crippen LogP contribution in [0.2, 0.25) is 0 Å². The van der Waals surface area contributed by atoms with Crippen LogP contribution in [0.3, 0.4) is 0 Å². The summed E-state index contributed by atoms with van der Waals surface area (Å²) in [7, 11) is -2.22. The molecule has 1 aromatic rings. The molecule has 0 saturated heterocycles. The molecule has 118 valence electrons. The number of carbonyl (C=O) groups is 1. The summed E-state index contributed by atoms with van der Waals surface area (Å²) in [5.41, 5.74) is 0. The molecule has 0 atom stereocenters. The quantitative estimate of drug-likeness (QED) is 0.682. The number of esters is 1. The van der Waals surface area contributed by atoms with Gasteiger partial charge in [0.1, 0.15) is 12.3 Å². The number of rotatable bonds is 8. The van der Waals surface area contributed by atoms with Crippen molar-refractivity contribution in [2.45, 2.75) is 25.2 Å². The first-order valence-electron chi connectivity index (χ1n) is 6.75. The molecule has 0 spiro atoms. The molecule has 0 bridgehead atoms. The molecule has 0 aliphatic heterocycles. The molecule has 0 fully saturated rings. The third-order valence-electron chi connectivity index (χ3n) is 2.78. The third kappa shape index (κ3) is 4.71. The van der Waals surface area contributed by atoms with Gasteiger partial charge in [0.25, 0.3) is 0 Å². The van der Waals surface area contributed by atoms with Crippen molar-refractivity contribution in [1.29, 1.82) is 0 Å². The minimum absolute atomic E-state index is 0.126. The van der Waals surface area contributed by atoms with Crippen LogP contribution in [-0.4, -0.2) is 45.5 Å². The van der Waals surface area contributed by atoms with E-state index in [9.17, 15) is 13.2 Å². The van der Waals surface area contributed by atoms with Crippen molar-refractivity contribution in [2.24, 2.45) is 0 Å². The van der Waals surface area contributed by atoms with Crippen molar-refractivity contribution in [3.8, 4) is 5.75 Å². The summed E-state index contributed by atoms with van der Waals surface area (Å²) in [6, 6.07) is 6.06. The van der Waals surface area contributed by atoms with Crippen LogP contribution in [-0.2, 0) is 19.6 Å². The van der Waals surface area contributed by atoms with E-state index in [1.54, 1.807) is 19.1 Å². The molecule has 0 heterocycles. The van der Waals surface area contributed by atoms with E-state index in [4.69, 9.17) is 9.47 Å². The summed E-state index contributed by atoms with van der Waals surface area (Å²) >= 11 is 0. The fraction of sp³-hybridized carbons (Fsp3) is 0.500. The van der Waals surface area contributed by atoms with Gasteiger partial charge in [-0.05, 0) is 37.6 Å². The Kier molecular flexibility index (Phi) is 6.64. The summed E-state index contributed by atoms with van der Waals surface area (Å²) in [5, 5.41) is 0. The molecule has 7 heteroatoms. The topological polar surface area (TPSA) is 72.9 Å². The number of carbonyl (C=O) groups excluding carboxylic acids is 1. The van der Waals surface area contributed by atoms with Crippen LogP contribution in [0.5, 0.6) is 5.75 Å². The number of hydrogen-bond donors (Lipinski definition) is 0. The molecule has 21 heavy (non-hydrogen) atoms. The molecule has 0 unspecified atom stereocenters. The summed E-state index contributed by atoms with van der Waals surface area (Å²) in [6.45, 7) is 3.73. The predicted molar refractivity (Wildman–Crippen MR) is 78.7 cm³/mol. The van der Waals surface area contributed by atoms with Gasteiger partial charge >= 0.3 is 5.97 Å². The average molecular weight is 315 g/mol. The molecule has 0 radical (unpaired) electrons. The second-order valence-electron chi connectivity index (χ2n) is 4.32. The minimum atomic E-state index is -3.72. The Bertz CT molecular complexity index is 553. The fourth-order valence-electron chi connectivity index (χ4n) is 1.78. The second kappa shape index (κ2) is 7.99. The molecule has 0 saturated carbocycles. The zero-order valence-electron chi connectivity index (χ0n) is 12.5. The molecule has 0 aromatic heterocycles. The molecular formula is C14H21NO5S. The SMILES string of the molecule is CCCN(CC(=O)OCC)S(=O)(=O)c1ccc(OC)cc1. The van der Waals surface area contributed by atoms with Crippen LogP contribution in [0.4, 0.5) is 0 Å². The van der Waals surface area contributed by atoms with Gasteiger partial charge in [-0.25, -0.2) is 8.42 Å². The van der Waals surface area contributed by atoms with E-state index < -0.39 is 16.0 Å². The highest BCUT2D eigenvalue weighted by Crippen LogP contribution is 2.19. The van der Waals surface area contributed by atoms with Gasteiger partial charge in [0.2, 0.25) is 10.0 Å². The lowest BCUT2D eigenvalue weighted by atomic mass is 10.3. The van der Waals surface area contributed by atoms with E-state index >= 15 is 0 Å². The first-order valence-corrected chi connectivity index (χ1v) is 8.19. The Hall–Kier alpha value is -1.60. The minimum Gasteiger partial charge on any atom is -0.497 e. The zero-order chi connectivity index (χ0) is 15.9. The van der Waals surface area contributed by atoms with E-state index in [-0.39, 0.29) is 24.6 Å². The maximum absolute atomic E-state index is 12.5. The lowest BCUT2D eigenvalue weighted by Gasteiger charge is -2.20. The Morgan fingerprint density at radius 1 is 1.19 bits per heavy atom. The van der Waals surface area contributed by atoms with Crippen LogP contribution in [0.25, 0.3) is 0 Å². The fourth-order valence-corrected chi connectivity index (χ4v) is 3.26. The second-order valence-corrected chi connectivity index (χ2v) is 6.26. The molecule has 1 aromatic carbocycles. The highest BCUT2D eigenvalue weighted by atomic mass is 32.2. The van der Waals surface area contributed by atoms with Gasteiger partial charge in [0.05, 0.1) is 18.6 Å². The Balaban J connectivity index is 2.99. The van der Waals surface area contributed by atoms with E-state index in [1.165, 1.54) is 19.2 Å². The van der Waals surface area contributed by atoms with Crippen LogP contribution in [0.15, 0.2) is 29.2 Å². The van der Waals surface area contributed by atoms with Gasteiger partial charge in [0.15, 0.2) is 0 Å². The van der Waals surface area contributed by atoms with Crippen LogP contribution >= 0.6 is 0 Å². The molecule has 0 aliphatic rings. The zero-order valence-corrected chi connectivity index (χ0v) is 13.4. The molecule has 0 aliphatic carbocycles. The highest BCUT2D eigenvalue weighted by molar-refractivity contribution is 7.89. The Labute approximate surface area is 125 Å². The number of benzene rings is 1. The van der Waals surface area contributed by atoms with Crippen LogP contribution in [0.1, 0.15) is 20.3 Å². The largest absolute Gasteiger partial charge is 0.497 e. The van der Waals surface area contributed by atoms with Crippen LogP contribution < -0.4 is 4.74 Å². The lowest BCUT2D eigenvalue weighted by Crippen LogP contribution is -2.37. The normalized spacial score (nSPS) is 11.4. The molecule has 1 rings (SSSR count). The number of nitrogens with zero attached hydrogens (tertiary/aromatic N) is 1. The summed E-state index contributed by atoms with van der Waals surface area (Å²) in [6.07, 6.45) is 0.606. The molecule has 0 amide bonds. The standard InChI is InChI=1S/C14H21NO5S/c1-4-10-15(11-14(16)20-5-2)21(17,18)13-8-6-12(19-3)7-9-13/h6-9H,4-5,10-11H2,1-3H3. The van der Waals surface area contributed by atoms with E-state index in [0.717, 1.165) is 4.31 Å². The smallest absolute Gasteiger partial charge is 0.321 e. The summed E-state index contributed by atoms with van der Waals surface area (Å²) < 4.78 is 36.0. The van der Waals surface area contributed by atoms with Gasteiger partial charge in [-0.3, -0.25) is 4.79 Å². The van der Waals surface area contributed by atoms with E-state index in [2.05, 4.69) is 0 Å². The monoisotopic (exact) mass is 315 g/mol. The Morgan fingerprint density at radius 3 is 2.29 bits per heavy atom. The van der Waals surface area contributed by atoms with Gasteiger partial charge in [-0.1, -0.05) is 6.92 Å². The number of ether oxygens (including phenoxy) is 2. The van der Waals surface area contributed by atoms with Crippen molar-refractivity contribution in [3.63, 3.8) is 0 Å². The van der Waals surface area contributed by atoms with Gasteiger partial charge < -0.3 is 9.47 Å². The molecule has 6 nitrogen and oxygen atoms in total. The summed E-state index contributed by atoms with van der Waals surface area (Å²) in [5.74, 6) is 0.0180. The van der Waals surface area contributed by atoms with Gasteiger partial charge in [0, 0.05) is 6.54 Å². The third-order valence-corrected chi connectivity index (χ3v) is 4.64. The van der Waals surface area contributed by atoms with E-state index in [1.807, 2.05) is 6.92 Å².